The molecule has 3 aromatic carbocycles. The van der Waals surface area contributed by atoms with Crippen LogP contribution in [0.3, 0.4) is 0 Å². The summed E-state index contributed by atoms with van der Waals surface area (Å²) in [6, 6.07) is 28.6. The van der Waals surface area contributed by atoms with Crippen LogP contribution < -0.4 is 5.32 Å². The number of carbonyl (C=O) groups is 1. The Morgan fingerprint density at radius 3 is 1.77 bits per heavy atom. The van der Waals surface area contributed by atoms with Gasteiger partial charge in [0.15, 0.2) is 5.78 Å². The van der Waals surface area contributed by atoms with E-state index in [9.17, 15) is 4.79 Å². The molecule has 0 saturated heterocycles. The van der Waals surface area contributed by atoms with Crippen LogP contribution in [0.4, 0.5) is 5.69 Å². The number of carbonyl (C=O) groups excluding carboxylic acids is 1. The maximum atomic E-state index is 12.9. The van der Waals surface area contributed by atoms with Crippen molar-refractivity contribution in [2.45, 2.75) is 6.04 Å². The average Bonchev–Trinajstić information content (AvgIpc) is 2.61. The summed E-state index contributed by atoms with van der Waals surface area (Å²) in [5.41, 5.74) is 2.60. The van der Waals surface area contributed by atoms with Crippen molar-refractivity contribution < 1.29 is 4.79 Å². The van der Waals surface area contributed by atoms with Gasteiger partial charge in [-0.05, 0) is 17.7 Å². The number of anilines is 1. The summed E-state index contributed by atoms with van der Waals surface area (Å²) in [7, 11) is 0. The molecule has 3 aromatic rings. The molecule has 108 valence electrons. The zero-order valence-electron chi connectivity index (χ0n) is 12.1. The number of benzene rings is 3. The summed E-state index contributed by atoms with van der Waals surface area (Å²) in [6.45, 7) is 0. The van der Waals surface area contributed by atoms with Crippen LogP contribution in [-0.2, 0) is 0 Å². The highest BCUT2D eigenvalue weighted by molar-refractivity contribution is 6.02. The Balaban J connectivity index is 1.95. The molecule has 0 spiro atoms. The molecule has 22 heavy (non-hydrogen) atoms. The van der Waals surface area contributed by atoms with Crippen LogP contribution in [0, 0.1) is 0 Å². The molecule has 0 aromatic heterocycles. The minimum absolute atomic E-state index is 0.0654. The van der Waals surface area contributed by atoms with Crippen molar-refractivity contribution in [3.63, 3.8) is 0 Å². The van der Waals surface area contributed by atoms with Gasteiger partial charge < -0.3 is 5.32 Å². The smallest absolute Gasteiger partial charge is 0.189 e. The van der Waals surface area contributed by atoms with Crippen molar-refractivity contribution in [2.24, 2.45) is 0 Å². The molecule has 0 heterocycles. The topological polar surface area (TPSA) is 29.1 Å². The Morgan fingerprint density at radius 1 is 0.682 bits per heavy atom. The fraction of sp³-hybridized carbons (Fsp3) is 0.0500. The Bertz CT molecular complexity index is 723. The average molecular weight is 287 g/mol. The predicted molar refractivity (Wildman–Crippen MR) is 90.0 cm³/mol. The number of Topliss-reactive ketones (excluding diaryl/α,β-unsaturated/α-hetero) is 1. The molecule has 3 rings (SSSR count). The van der Waals surface area contributed by atoms with Crippen molar-refractivity contribution in [3.05, 3.63) is 102 Å². The highest BCUT2D eigenvalue weighted by Crippen LogP contribution is 2.23. The summed E-state index contributed by atoms with van der Waals surface area (Å²) in [5.74, 6) is 0.0654. The third kappa shape index (κ3) is 3.23. The van der Waals surface area contributed by atoms with Gasteiger partial charge in [0.05, 0.1) is 0 Å². The van der Waals surface area contributed by atoms with Gasteiger partial charge in [-0.25, -0.2) is 0 Å². The summed E-state index contributed by atoms with van der Waals surface area (Å²) in [4.78, 5) is 12.9. The van der Waals surface area contributed by atoms with Crippen molar-refractivity contribution in [2.75, 3.05) is 5.32 Å². The minimum atomic E-state index is -0.397. The van der Waals surface area contributed by atoms with Gasteiger partial charge in [-0.2, -0.15) is 0 Å². The zero-order valence-corrected chi connectivity index (χ0v) is 12.1. The summed E-state index contributed by atoms with van der Waals surface area (Å²) >= 11 is 0. The Kier molecular flexibility index (Phi) is 4.30. The van der Waals surface area contributed by atoms with Gasteiger partial charge in [0.2, 0.25) is 0 Å². The molecule has 0 bridgehead atoms. The largest absolute Gasteiger partial charge is 0.371 e. The molecule has 2 nitrogen and oxygen atoms in total. The molecule has 0 saturated carbocycles. The van der Waals surface area contributed by atoms with Gasteiger partial charge in [0.1, 0.15) is 6.04 Å². The third-order valence-corrected chi connectivity index (χ3v) is 3.54. The van der Waals surface area contributed by atoms with Gasteiger partial charge in [-0.1, -0.05) is 78.9 Å². The molecule has 0 radical (unpaired) electrons. The van der Waals surface area contributed by atoms with Crippen molar-refractivity contribution >= 4 is 11.5 Å². The highest BCUT2D eigenvalue weighted by atomic mass is 16.1. The van der Waals surface area contributed by atoms with Crippen LogP contribution in [-0.4, -0.2) is 5.78 Å². The van der Waals surface area contributed by atoms with Gasteiger partial charge in [-0.3, -0.25) is 4.79 Å². The number of hydrogen-bond donors (Lipinski definition) is 1. The number of rotatable bonds is 5. The second-order valence-corrected chi connectivity index (χ2v) is 5.08. The first-order valence-corrected chi connectivity index (χ1v) is 7.30. The molecular formula is C20H17NO. The molecule has 2 heteroatoms. The van der Waals surface area contributed by atoms with E-state index in [4.69, 9.17) is 0 Å². The van der Waals surface area contributed by atoms with E-state index in [0.29, 0.717) is 5.56 Å². The second-order valence-electron chi connectivity index (χ2n) is 5.08. The fourth-order valence-electron chi connectivity index (χ4n) is 2.42. The van der Waals surface area contributed by atoms with E-state index < -0.39 is 6.04 Å². The van der Waals surface area contributed by atoms with E-state index in [1.54, 1.807) is 0 Å². The second kappa shape index (κ2) is 6.72. The zero-order chi connectivity index (χ0) is 15.2. The summed E-state index contributed by atoms with van der Waals surface area (Å²) in [5, 5.41) is 3.34. The molecule has 1 atom stereocenters. The highest BCUT2D eigenvalue weighted by Gasteiger charge is 2.21. The van der Waals surface area contributed by atoms with Crippen LogP contribution in [0.5, 0.6) is 0 Å². The van der Waals surface area contributed by atoms with Gasteiger partial charge in [-0.15, -0.1) is 0 Å². The molecule has 1 unspecified atom stereocenters. The first-order valence-electron chi connectivity index (χ1n) is 7.30. The van der Waals surface area contributed by atoms with E-state index in [0.717, 1.165) is 11.3 Å². The predicted octanol–water partition coefficient (Wildman–Crippen LogP) is 4.72. The number of ketones is 1. The molecular weight excluding hydrogens is 270 g/mol. The molecule has 0 fully saturated rings. The SMILES string of the molecule is O=C(c1ccccc1)C(Nc1ccccc1)c1ccccc1. The standard InChI is InChI=1S/C20H17NO/c22-20(17-12-6-2-7-13-17)19(16-10-4-1-5-11-16)21-18-14-8-3-9-15-18/h1-15,19,21H. The molecule has 0 amide bonds. The van der Waals surface area contributed by atoms with Crippen LogP contribution in [0.15, 0.2) is 91.0 Å². The summed E-state index contributed by atoms with van der Waals surface area (Å²) in [6.07, 6.45) is 0. The Hall–Kier alpha value is -2.87. The lowest BCUT2D eigenvalue weighted by atomic mass is 9.97. The van der Waals surface area contributed by atoms with Gasteiger partial charge in [0, 0.05) is 11.3 Å². The lowest BCUT2D eigenvalue weighted by Crippen LogP contribution is -2.21. The molecule has 0 aliphatic rings. The normalized spacial score (nSPS) is 11.6. The number of para-hydroxylation sites is 1. The van der Waals surface area contributed by atoms with Crippen LogP contribution in [0.1, 0.15) is 22.0 Å². The van der Waals surface area contributed by atoms with Crippen molar-refractivity contribution in [1.82, 2.24) is 0 Å². The molecule has 0 aliphatic carbocycles. The Labute approximate surface area is 130 Å². The van der Waals surface area contributed by atoms with Crippen LogP contribution >= 0.6 is 0 Å². The monoisotopic (exact) mass is 287 g/mol. The maximum absolute atomic E-state index is 12.9. The van der Waals surface area contributed by atoms with Crippen LogP contribution in [0.25, 0.3) is 0 Å². The van der Waals surface area contributed by atoms with Gasteiger partial charge >= 0.3 is 0 Å². The lowest BCUT2D eigenvalue weighted by molar-refractivity contribution is 0.0969. The molecule has 0 aliphatic heterocycles. The number of nitrogens with one attached hydrogen (secondary N) is 1. The number of hydrogen-bond acceptors (Lipinski definition) is 2. The Morgan fingerprint density at radius 2 is 1.18 bits per heavy atom. The quantitative estimate of drug-likeness (QED) is 0.688. The van der Waals surface area contributed by atoms with E-state index in [-0.39, 0.29) is 5.78 Å². The van der Waals surface area contributed by atoms with Gasteiger partial charge in [0.25, 0.3) is 0 Å². The van der Waals surface area contributed by atoms with E-state index in [1.165, 1.54) is 0 Å². The maximum Gasteiger partial charge on any atom is 0.189 e. The third-order valence-electron chi connectivity index (χ3n) is 3.54. The van der Waals surface area contributed by atoms with Crippen LogP contribution in [0.2, 0.25) is 0 Å². The van der Waals surface area contributed by atoms with E-state index >= 15 is 0 Å². The summed E-state index contributed by atoms with van der Waals surface area (Å²) < 4.78 is 0. The molecule has 1 N–H and O–H groups in total. The van der Waals surface area contributed by atoms with Crippen molar-refractivity contribution in [3.8, 4) is 0 Å². The lowest BCUT2D eigenvalue weighted by Gasteiger charge is -2.19. The van der Waals surface area contributed by atoms with E-state index in [1.807, 2.05) is 91.0 Å². The first-order chi connectivity index (χ1) is 10.8. The first kappa shape index (κ1) is 14.1. The van der Waals surface area contributed by atoms with E-state index in [2.05, 4.69) is 5.32 Å². The van der Waals surface area contributed by atoms with Crippen molar-refractivity contribution in [1.29, 1.82) is 0 Å². The minimum Gasteiger partial charge on any atom is -0.371 e. The fourth-order valence-corrected chi connectivity index (χ4v) is 2.42.